The zero-order valence-electron chi connectivity index (χ0n) is 16.0. The first-order valence-corrected chi connectivity index (χ1v) is 9.20. The number of ether oxygens (including phenoxy) is 1. The molecule has 1 heterocycles. The maximum Gasteiger partial charge on any atom is 0.336 e. The molecule has 0 aliphatic carbocycles. The Bertz CT molecular complexity index is 987. The molecule has 4 nitrogen and oxygen atoms in total. The summed E-state index contributed by atoms with van der Waals surface area (Å²) in [6, 6.07) is 9.01. The van der Waals surface area contributed by atoms with E-state index < -0.39 is 35.2 Å². The van der Waals surface area contributed by atoms with Crippen LogP contribution in [0.3, 0.4) is 0 Å². The molecule has 0 fully saturated rings. The van der Waals surface area contributed by atoms with E-state index in [9.17, 15) is 22.8 Å². The van der Waals surface area contributed by atoms with Gasteiger partial charge in [0, 0.05) is 29.7 Å². The van der Waals surface area contributed by atoms with Crippen LogP contribution < -0.4 is 0 Å². The molecule has 1 amide bonds. The monoisotopic (exact) mass is 403 g/mol. The highest BCUT2D eigenvalue weighted by Crippen LogP contribution is 2.38. The number of hydrogen-bond acceptors (Lipinski definition) is 3. The Kier molecular flexibility index (Phi) is 6.06. The lowest BCUT2D eigenvalue weighted by atomic mass is 9.83. The summed E-state index contributed by atoms with van der Waals surface area (Å²) >= 11 is 0. The third kappa shape index (κ3) is 4.18. The van der Waals surface area contributed by atoms with E-state index in [0.717, 1.165) is 12.1 Å². The predicted molar refractivity (Wildman–Crippen MR) is 100.0 cm³/mol. The minimum Gasteiger partial charge on any atom is -0.463 e. The second kappa shape index (κ2) is 8.51. The summed E-state index contributed by atoms with van der Waals surface area (Å²) in [6.45, 7) is 3.12. The number of carbonyl (C=O) groups excluding carboxylic acids is 2. The number of carbonyl (C=O) groups is 2. The average Bonchev–Trinajstić information content (AvgIpc) is 2.66. The summed E-state index contributed by atoms with van der Waals surface area (Å²) in [7, 11) is 0. The predicted octanol–water partition coefficient (Wildman–Crippen LogP) is 4.46. The number of esters is 1. The number of nitrogens with zero attached hydrogens (tertiary/aromatic N) is 1. The van der Waals surface area contributed by atoms with Crippen molar-refractivity contribution in [3.05, 3.63) is 82.3 Å². The molecule has 1 atom stereocenters. The summed E-state index contributed by atoms with van der Waals surface area (Å²) in [5, 5.41) is 0. The second-order valence-electron chi connectivity index (χ2n) is 6.71. The lowest BCUT2D eigenvalue weighted by Gasteiger charge is -2.34. The van der Waals surface area contributed by atoms with E-state index in [2.05, 4.69) is 0 Å². The zero-order chi connectivity index (χ0) is 21.1. The zero-order valence-corrected chi connectivity index (χ0v) is 16.0. The minimum atomic E-state index is -0.808. The van der Waals surface area contributed by atoms with Crippen LogP contribution in [0.1, 0.15) is 37.3 Å². The number of amides is 1. The Morgan fingerprint density at radius 2 is 1.86 bits per heavy atom. The van der Waals surface area contributed by atoms with Crippen LogP contribution in [0.25, 0.3) is 0 Å². The van der Waals surface area contributed by atoms with Crippen LogP contribution in [0.2, 0.25) is 0 Å². The number of rotatable bonds is 5. The quantitative estimate of drug-likeness (QED) is 0.693. The molecule has 0 spiro atoms. The SMILES string of the molecule is CCOC(=O)C1=C(C)N(Cc2ccc(F)cc2F)C(=O)CC1c1ccccc1F. The fourth-order valence-electron chi connectivity index (χ4n) is 3.52. The van der Waals surface area contributed by atoms with E-state index in [0.29, 0.717) is 0 Å². The summed E-state index contributed by atoms with van der Waals surface area (Å²) in [5.74, 6) is -3.91. The maximum absolute atomic E-state index is 14.4. The van der Waals surface area contributed by atoms with E-state index in [1.54, 1.807) is 19.9 Å². The van der Waals surface area contributed by atoms with Gasteiger partial charge in [-0.3, -0.25) is 4.79 Å². The number of halogens is 3. The summed E-state index contributed by atoms with van der Waals surface area (Å²) < 4.78 is 46.8. The fraction of sp³-hybridized carbons (Fsp3) is 0.273. The van der Waals surface area contributed by atoms with Crippen molar-refractivity contribution in [2.75, 3.05) is 6.61 Å². The summed E-state index contributed by atoms with van der Waals surface area (Å²) in [4.78, 5) is 26.7. The molecule has 2 aromatic carbocycles. The highest BCUT2D eigenvalue weighted by Gasteiger charge is 2.38. The molecule has 0 radical (unpaired) electrons. The van der Waals surface area contributed by atoms with E-state index >= 15 is 0 Å². The van der Waals surface area contributed by atoms with Crippen molar-refractivity contribution in [3.8, 4) is 0 Å². The summed E-state index contributed by atoms with van der Waals surface area (Å²) in [5.41, 5.74) is 0.735. The van der Waals surface area contributed by atoms with Gasteiger partial charge in [0.05, 0.1) is 18.7 Å². The molecule has 1 aliphatic heterocycles. The van der Waals surface area contributed by atoms with E-state index in [1.165, 1.54) is 29.2 Å². The molecule has 0 saturated carbocycles. The molecule has 152 valence electrons. The van der Waals surface area contributed by atoms with Crippen LogP contribution in [-0.2, 0) is 20.9 Å². The van der Waals surface area contributed by atoms with Crippen LogP contribution in [-0.4, -0.2) is 23.4 Å². The fourth-order valence-corrected chi connectivity index (χ4v) is 3.52. The van der Waals surface area contributed by atoms with Crippen LogP contribution in [0.15, 0.2) is 53.7 Å². The standard InChI is InChI=1S/C22H20F3NO3/c1-3-29-22(28)21-13(2)26(12-14-8-9-15(23)10-19(14)25)20(27)11-17(21)16-6-4-5-7-18(16)24/h4-10,17H,3,11-12H2,1-2H3. The van der Waals surface area contributed by atoms with Crippen LogP contribution in [0.4, 0.5) is 13.2 Å². The molecule has 7 heteroatoms. The molecule has 1 aliphatic rings. The van der Waals surface area contributed by atoms with Crippen LogP contribution >= 0.6 is 0 Å². The first-order valence-electron chi connectivity index (χ1n) is 9.20. The molecule has 29 heavy (non-hydrogen) atoms. The lowest BCUT2D eigenvalue weighted by molar-refractivity contribution is -0.140. The minimum absolute atomic E-state index is 0.103. The smallest absolute Gasteiger partial charge is 0.336 e. The molecular formula is C22H20F3NO3. The van der Waals surface area contributed by atoms with Gasteiger partial charge < -0.3 is 9.64 Å². The van der Waals surface area contributed by atoms with Crippen molar-refractivity contribution in [1.29, 1.82) is 0 Å². The van der Waals surface area contributed by atoms with E-state index in [-0.39, 0.29) is 42.0 Å². The molecular weight excluding hydrogens is 383 g/mol. The highest BCUT2D eigenvalue weighted by atomic mass is 19.1. The van der Waals surface area contributed by atoms with E-state index in [4.69, 9.17) is 4.74 Å². The van der Waals surface area contributed by atoms with Crippen molar-refractivity contribution in [2.45, 2.75) is 32.7 Å². The first kappa shape index (κ1) is 20.6. The first-order chi connectivity index (χ1) is 13.8. The van der Waals surface area contributed by atoms with Crippen molar-refractivity contribution >= 4 is 11.9 Å². The lowest BCUT2D eigenvalue weighted by Crippen LogP contribution is -2.38. The molecule has 0 aromatic heterocycles. The third-order valence-electron chi connectivity index (χ3n) is 4.94. The highest BCUT2D eigenvalue weighted by molar-refractivity contribution is 5.95. The number of hydrogen-bond donors (Lipinski definition) is 0. The van der Waals surface area contributed by atoms with Gasteiger partial charge in [0.15, 0.2) is 0 Å². The molecule has 0 saturated heterocycles. The normalized spacial score (nSPS) is 16.9. The molecule has 0 N–H and O–H groups in total. The number of allylic oxidation sites excluding steroid dienone is 1. The second-order valence-corrected chi connectivity index (χ2v) is 6.71. The maximum atomic E-state index is 14.4. The molecule has 2 aromatic rings. The molecule has 3 rings (SSSR count). The van der Waals surface area contributed by atoms with Crippen LogP contribution in [0.5, 0.6) is 0 Å². The van der Waals surface area contributed by atoms with Gasteiger partial charge in [-0.25, -0.2) is 18.0 Å². The van der Waals surface area contributed by atoms with Gasteiger partial charge in [-0.15, -0.1) is 0 Å². The van der Waals surface area contributed by atoms with Gasteiger partial charge in [0.2, 0.25) is 5.91 Å². The third-order valence-corrected chi connectivity index (χ3v) is 4.94. The molecule has 1 unspecified atom stereocenters. The Morgan fingerprint density at radius 3 is 2.52 bits per heavy atom. The van der Waals surface area contributed by atoms with Crippen molar-refractivity contribution < 1.29 is 27.5 Å². The Morgan fingerprint density at radius 1 is 1.14 bits per heavy atom. The van der Waals surface area contributed by atoms with Gasteiger partial charge >= 0.3 is 5.97 Å². The topological polar surface area (TPSA) is 46.6 Å². The van der Waals surface area contributed by atoms with E-state index in [1.807, 2.05) is 0 Å². The Hall–Kier alpha value is -3.09. The van der Waals surface area contributed by atoms with Crippen molar-refractivity contribution in [1.82, 2.24) is 4.90 Å². The van der Waals surface area contributed by atoms with Gasteiger partial charge in [-0.2, -0.15) is 0 Å². The average molecular weight is 403 g/mol. The van der Waals surface area contributed by atoms with Gasteiger partial charge in [-0.1, -0.05) is 24.3 Å². The number of benzene rings is 2. The van der Waals surface area contributed by atoms with Gasteiger partial charge in [-0.05, 0) is 31.5 Å². The van der Waals surface area contributed by atoms with Crippen molar-refractivity contribution in [3.63, 3.8) is 0 Å². The summed E-state index contributed by atoms with van der Waals surface area (Å²) in [6.07, 6.45) is -0.171. The molecule has 0 bridgehead atoms. The van der Waals surface area contributed by atoms with Gasteiger partial charge in [0.25, 0.3) is 0 Å². The van der Waals surface area contributed by atoms with Gasteiger partial charge in [0.1, 0.15) is 17.5 Å². The van der Waals surface area contributed by atoms with Crippen molar-refractivity contribution in [2.24, 2.45) is 0 Å². The Balaban J connectivity index is 2.06. The van der Waals surface area contributed by atoms with Crippen LogP contribution in [0, 0.1) is 17.5 Å². The Labute approximate surface area is 166 Å². The largest absolute Gasteiger partial charge is 0.463 e.